The quantitative estimate of drug-likeness (QED) is 0.383. The Labute approximate surface area is 130 Å². The highest BCUT2D eigenvalue weighted by Crippen LogP contribution is 2.24. The van der Waals surface area contributed by atoms with Crippen molar-refractivity contribution >= 4 is 34.0 Å². The molecule has 112 valence electrons. The van der Waals surface area contributed by atoms with E-state index in [0.717, 1.165) is 0 Å². The number of hydrogen-bond donors (Lipinski definition) is 1. The molecule has 2 rings (SSSR count). The average molecular weight is 319 g/mol. The van der Waals surface area contributed by atoms with Gasteiger partial charge in [-0.1, -0.05) is 30.3 Å². The van der Waals surface area contributed by atoms with Crippen LogP contribution < -0.4 is 5.32 Å². The van der Waals surface area contributed by atoms with Crippen LogP contribution in [0, 0.1) is 10.1 Å². The van der Waals surface area contributed by atoms with E-state index in [2.05, 4.69) is 5.32 Å². The van der Waals surface area contributed by atoms with Gasteiger partial charge in [0.15, 0.2) is 5.78 Å². The van der Waals surface area contributed by atoms with E-state index in [9.17, 15) is 19.7 Å². The van der Waals surface area contributed by atoms with Crippen molar-refractivity contribution in [1.29, 1.82) is 0 Å². The summed E-state index contributed by atoms with van der Waals surface area (Å²) < 4.78 is 0. The molecule has 0 spiro atoms. The number of non-ortho nitro benzene ring substituents is 1. The third-order valence-electron chi connectivity index (χ3n) is 2.91. The van der Waals surface area contributed by atoms with Gasteiger partial charge in [0.2, 0.25) is 5.24 Å². The van der Waals surface area contributed by atoms with Gasteiger partial charge in [-0.15, -0.1) is 0 Å². The summed E-state index contributed by atoms with van der Waals surface area (Å²) >= 11 is 5.26. The normalized spacial score (nSPS) is 10.0. The third kappa shape index (κ3) is 3.67. The number of carbonyl (C=O) groups is 2. The standard InChI is InChI=1S/C15H11ClN2O4/c16-14(19)9-17-13-7-6-11(18(21)22)8-12(13)15(20)10-4-2-1-3-5-10/h1-8,17H,9H2. The van der Waals surface area contributed by atoms with Gasteiger partial charge in [0.25, 0.3) is 5.69 Å². The highest BCUT2D eigenvalue weighted by Gasteiger charge is 2.18. The van der Waals surface area contributed by atoms with Gasteiger partial charge < -0.3 is 5.32 Å². The maximum Gasteiger partial charge on any atom is 0.270 e. The molecule has 1 N–H and O–H groups in total. The second kappa shape index (κ2) is 6.82. The summed E-state index contributed by atoms with van der Waals surface area (Å²) in [4.78, 5) is 33.7. The van der Waals surface area contributed by atoms with Crippen molar-refractivity contribution in [2.24, 2.45) is 0 Å². The number of halogens is 1. The molecule has 0 saturated carbocycles. The van der Waals surface area contributed by atoms with E-state index in [1.807, 2.05) is 0 Å². The van der Waals surface area contributed by atoms with Crippen molar-refractivity contribution in [1.82, 2.24) is 0 Å². The lowest BCUT2D eigenvalue weighted by atomic mass is 10.0. The highest BCUT2D eigenvalue weighted by atomic mass is 35.5. The van der Waals surface area contributed by atoms with Gasteiger partial charge in [-0.3, -0.25) is 19.7 Å². The van der Waals surface area contributed by atoms with E-state index in [1.54, 1.807) is 30.3 Å². The van der Waals surface area contributed by atoms with Crippen molar-refractivity contribution < 1.29 is 14.5 Å². The lowest BCUT2D eigenvalue weighted by Gasteiger charge is -2.10. The summed E-state index contributed by atoms with van der Waals surface area (Å²) in [5.74, 6) is -0.381. The van der Waals surface area contributed by atoms with Crippen LogP contribution in [0.4, 0.5) is 11.4 Å². The van der Waals surface area contributed by atoms with Crippen LogP contribution in [0.15, 0.2) is 48.5 Å². The first-order chi connectivity index (χ1) is 10.5. The van der Waals surface area contributed by atoms with Crippen LogP contribution in [-0.2, 0) is 4.79 Å². The molecular weight excluding hydrogens is 308 g/mol. The Morgan fingerprint density at radius 1 is 1.14 bits per heavy atom. The number of nitro benzene ring substituents is 1. The Morgan fingerprint density at radius 2 is 1.82 bits per heavy atom. The molecule has 0 unspecified atom stereocenters. The molecule has 2 aromatic rings. The number of carbonyl (C=O) groups excluding carboxylic acids is 2. The maximum absolute atomic E-state index is 12.5. The van der Waals surface area contributed by atoms with Gasteiger partial charge in [-0.25, -0.2) is 0 Å². The van der Waals surface area contributed by atoms with Gasteiger partial charge in [0.1, 0.15) is 0 Å². The Kier molecular flexibility index (Phi) is 4.85. The number of anilines is 1. The summed E-state index contributed by atoms with van der Waals surface area (Å²) in [7, 11) is 0. The molecule has 0 atom stereocenters. The Morgan fingerprint density at radius 3 is 2.41 bits per heavy atom. The van der Waals surface area contributed by atoms with Gasteiger partial charge in [-0.05, 0) is 17.7 Å². The molecule has 0 aliphatic carbocycles. The molecule has 0 amide bonds. The molecule has 0 saturated heterocycles. The minimum atomic E-state index is -0.628. The van der Waals surface area contributed by atoms with E-state index < -0.39 is 10.2 Å². The predicted octanol–water partition coefficient (Wildman–Crippen LogP) is 3.00. The molecule has 6 nitrogen and oxygen atoms in total. The molecule has 0 heterocycles. The van der Waals surface area contributed by atoms with Crippen LogP contribution in [0.25, 0.3) is 0 Å². The number of nitro groups is 1. The van der Waals surface area contributed by atoms with E-state index in [1.165, 1.54) is 18.2 Å². The molecule has 0 aliphatic heterocycles. The van der Waals surface area contributed by atoms with Crippen LogP contribution in [0.1, 0.15) is 15.9 Å². The van der Waals surface area contributed by atoms with Crippen LogP contribution in [-0.4, -0.2) is 22.5 Å². The van der Waals surface area contributed by atoms with Gasteiger partial charge in [-0.2, -0.15) is 0 Å². The molecular formula is C15H11ClN2O4. The summed E-state index contributed by atoms with van der Waals surface area (Å²) in [5.41, 5.74) is 0.608. The van der Waals surface area contributed by atoms with Crippen molar-refractivity contribution in [2.75, 3.05) is 11.9 Å². The fourth-order valence-corrected chi connectivity index (χ4v) is 1.96. The zero-order valence-electron chi connectivity index (χ0n) is 11.3. The highest BCUT2D eigenvalue weighted by molar-refractivity contribution is 6.64. The number of rotatable bonds is 6. The second-order valence-electron chi connectivity index (χ2n) is 4.39. The lowest BCUT2D eigenvalue weighted by Crippen LogP contribution is -2.12. The smallest absolute Gasteiger partial charge is 0.270 e. The molecule has 0 bridgehead atoms. The zero-order chi connectivity index (χ0) is 16.1. The summed E-state index contributed by atoms with van der Waals surface area (Å²) in [6.45, 7) is -0.186. The van der Waals surface area contributed by atoms with Gasteiger partial charge >= 0.3 is 0 Å². The van der Waals surface area contributed by atoms with Gasteiger partial charge in [0.05, 0.1) is 17.0 Å². The number of ketones is 1. The number of hydrogen-bond acceptors (Lipinski definition) is 5. The Balaban J connectivity index is 2.45. The molecule has 22 heavy (non-hydrogen) atoms. The van der Waals surface area contributed by atoms with Crippen molar-refractivity contribution in [3.05, 3.63) is 69.8 Å². The Hall–Kier alpha value is -2.73. The van der Waals surface area contributed by atoms with Crippen LogP contribution in [0.5, 0.6) is 0 Å². The zero-order valence-corrected chi connectivity index (χ0v) is 12.0. The molecule has 0 aliphatic rings. The SMILES string of the molecule is O=C(Cl)CNc1ccc([N+](=O)[O-])cc1C(=O)c1ccccc1. The van der Waals surface area contributed by atoms with Crippen molar-refractivity contribution in [3.8, 4) is 0 Å². The molecule has 0 fully saturated rings. The number of nitrogens with zero attached hydrogens (tertiary/aromatic N) is 1. The first kappa shape index (κ1) is 15.7. The number of benzene rings is 2. The lowest BCUT2D eigenvalue weighted by molar-refractivity contribution is -0.384. The van der Waals surface area contributed by atoms with Crippen LogP contribution >= 0.6 is 11.6 Å². The Bertz CT molecular complexity index is 732. The number of nitrogens with one attached hydrogen (secondary N) is 1. The summed E-state index contributed by atoms with van der Waals surface area (Å²) in [6, 6.07) is 12.2. The first-order valence-electron chi connectivity index (χ1n) is 6.29. The fraction of sp³-hybridized carbons (Fsp3) is 0.0667. The van der Waals surface area contributed by atoms with E-state index in [4.69, 9.17) is 11.6 Å². The topological polar surface area (TPSA) is 89.3 Å². The molecule has 0 radical (unpaired) electrons. The van der Waals surface area contributed by atoms with E-state index in [-0.39, 0.29) is 23.6 Å². The van der Waals surface area contributed by atoms with Crippen LogP contribution in [0.3, 0.4) is 0 Å². The summed E-state index contributed by atoms with van der Waals surface area (Å²) in [6.07, 6.45) is 0. The van der Waals surface area contributed by atoms with Crippen LogP contribution in [0.2, 0.25) is 0 Å². The van der Waals surface area contributed by atoms with E-state index >= 15 is 0 Å². The van der Waals surface area contributed by atoms with E-state index in [0.29, 0.717) is 11.3 Å². The maximum atomic E-state index is 12.5. The first-order valence-corrected chi connectivity index (χ1v) is 6.67. The minimum Gasteiger partial charge on any atom is -0.376 e. The fourth-order valence-electron chi connectivity index (χ4n) is 1.90. The summed E-state index contributed by atoms with van der Waals surface area (Å²) in [5, 5.41) is 13.0. The minimum absolute atomic E-state index is 0.110. The molecule has 0 aromatic heterocycles. The molecule has 2 aromatic carbocycles. The van der Waals surface area contributed by atoms with Crippen molar-refractivity contribution in [3.63, 3.8) is 0 Å². The predicted molar refractivity (Wildman–Crippen MR) is 82.3 cm³/mol. The molecule has 7 heteroatoms. The average Bonchev–Trinajstić information content (AvgIpc) is 2.52. The van der Waals surface area contributed by atoms with Crippen molar-refractivity contribution in [2.45, 2.75) is 0 Å². The van der Waals surface area contributed by atoms with Gasteiger partial charge in [0, 0.05) is 23.4 Å². The third-order valence-corrected chi connectivity index (χ3v) is 3.05. The second-order valence-corrected chi connectivity index (χ2v) is 4.81. The largest absolute Gasteiger partial charge is 0.376 e. The monoisotopic (exact) mass is 318 g/mol.